The molecule has 0 aliphatic carbocycles. The molecule has 0 atom stereocenters. The number of aliphatic hydroxyl groups is 1. The molecule has 1 saturated heterocycles. The SMILES string of the molecule is Cc1nc(N)nc(N2CCC(O)CC2)c1-c1cccnc1. The molecule has 0 saturated carbocycles. The van der Waals surface area contributed by atoms with E-state index in [2.05, 4.69) is 19.9 Å². The minimum absolute atomic E-state index is 0.219. The van der Waals surface area contributed by atoms with Crippen molar-refractivity contribution in [2.45, 2.75) is 25.9 Å². The second-order valence-electron chi connectivity index (χ2n) is 5.33. The van der Waals surface area contributed by atoms with E-state index in [4.69, 9.17) is 5.73 Å². The van der Waals surface area contributed by atoms with Gasteiger partial charge in [0.05, 0.1) is 11.8 Å². The van der Waals surface area contributed by atoms with Gasteiger partial charge in [-0.05, 0) is 25.8 Å². The van der Waals surface area contributed by atoms with Crippen molar-refractivity contribution < 1.29 is 5.11 Å². The Kier molecular flexibility index (Phi) is 3.70. The summed E-state index contributed by atoms with van der Waals surface area (Å²) >= 11 is 0. The summed E-state index contributed by atoms with van der Waals surface area (Å²) in [6.07, 6.45) is 4.83. The molecular formula is C15H19N5O. The van der Waals surface area contributed by atoms with Gasteiger partial charge in [-0.3, -0.25) is 4.98 Å². The van der Waals surface area contributed by atoms with Crippen LogP contribution < -0.4 is 10.6 Å². The smallest absolute Gasteiger partial charge is 0.222 e. The fourth-order valence-electron chi connectivity index (χ4n) is 2.73. The lowest BCUT2D eigenvalue weighted by Gasteiger charge is -2.32. The molecule has 21 heavy (non-hydrogen) atoms. The molecule has 2 aromatic heterocycles. The van der Waals surface area contributed by atoms with E-state index in [9.17, 15) is 5.11 Å². The highest BCUT2D eigenvalue weighted by molar-refractivity contribution is 5.78. The number of hydrogen-bond acceptors (Lipinski definition) is 6. The number of aromatic nitrogens is 3. The Bertz CT molecular complexity index is 623. The Morgan fingerprint density at radius 3 is 2.71 bits per heavy atom. The number of nitrogen functional groups attached to an aromatic ring is 1. The Labute approximate surface area is 123 Å². The summed E-state index contributed by atoms with van der Waals surface area (Å²) in [7, 11) is 0. The maximum atomic E-state index is 9.68. The summed E-state index contributed by atoms with van der Waals surface area (Å²) in [6.45, 7) is 3.47. The number of nitrogens with two attached hydrogens (primary N) is 1. The van der Waals surface area contributed by atoms with Crippen LogP contribution in [-0.4, -0.2) is 39.3 Å². The highest BCUT2D eigenvalue weighted by Crippen LogP contribution is 2.33. The minimum Gasteiger partial charge on any atom is -0.393 e. The summed E-state index contributed by atoms with van der Waals surface area (Å²) in [5.41, 5.74) is 8.62. The number of rotatable bonds is 2. The molecule has 1 fully saturated rings. The number of aliphatic hydroxyl groups excluding tert-OH is 1. The molecule has 6 nitrogen and oxygen atoms in total. The third-order valence-corrected chi connectivity index (χ3v) is 3.80. The Hall–Kier alpha value is -2.21. The van der Waals surface area contributed by atoms with Gasteiger partial charge in [0.2, 0.25) is 5.95 Å². The first-order valence-corrected chi connectivity index (χ1v) is 7.12. The molecule has 110 valence electrons. The van der Waals surface area contributed by atoms with Crippen LogP contribution in [0.5, 0.6) is 0 Å². The van der Waals surface area contributed by atoms with Crippen molar-refractivity contribution >= 4 is 11.8 Å². The Balaban J connectivity index is 2.06. The first-order chi connectivity index (χ1) is 10.1. The zero-order valence-corrected chi connectivity index (χ0v) is 12.0. The summed E-state index contributed by atoms with van der Waals surface area (Å²) in [6, 6.07) is 3.89. The highest BCUT2D eigenvalue weighted by atomic mass is 16.3. The monoisotopic (exact) mass is 285 g/mol. The van der Waals surface area contributed by atoms with Crippen LogP contribution in [0.1, 0.15) is 18.5 Å². The molecule has 1 aliphatic rings. The van der Waals surface area contributed by atoms with Crippen LogP contribution >= 0.6 is 0 Å². The summed E-state index contributed by atoms with van der Waals surface area (Å²) in [5, 5.41) is 9.68. The second-order valence-corrected chi connectivity index (χ2v) is 5.33. The molecule has 0 amide bonds. The highest BCUT2D eigenvalue weighted by Gasteiger charge is 2.23. The van der Waals surface area contributed by atoms with Crippen LogP contribution in [0.3, 0.4) is 0 Å². The van der Waals surface area contributed by atoms with E-state index >= 15 is 0 Å². The van der Waals surface area contributed by atoms with Crippen LogP contribution in [0, 0.1) is 6.92 Å². The minimum atomic E-state index is -0.219. The molecule has 0 bridgehead atoms. The fraction of sp³-hybridized carbons (Fsp3) is 0.400. The molecule has 0 radical (unpaired) electrons. The first kappa shape index (κ1) is 13.8. The molecule has 0 unspecified atom stereocenters. The number of pyridine rings is 1. The van der Waals surface area contributed by atoms with Gasteiger partial charge in [-0.1, -0.05) is 6.07 Å². The summed E-state index contributed by atoms with van der Waals surface area (Å²) < 4.78 is 0. The van der Waals surface area contributed by atoms with Gasteiger partial charge in [0, 0.05) is 36.6 Å². The van der Waals surface area contributed by atoms with E-state index in [-0.39, 0.29) is 12.1 Å². The number of hydrogen-bond donors (Lipinski definition) is 2. The molecular weight excluding hydrogens is 266 g/mol. The van der Waals surface area contributed by atoms with Gasteiger partial charge in [-0.2, -0.15) is 4.98 Å². The maximum absolute atomic E-state index is 9.68. The lowest BCUT2D eigenvalue weighted by Crippen LogP contribution is -2.37. The lowest BCUT2D eigenvalue weighted by atomic mass is 10.0. The van der Waals surface area contributed by atoms with Crippen molar-refractivity contribution in [1.29, 1.82) is 0 Å². The predicted octanol–water partition coefficient (Wildman–Crippen LogP) is 1.39. The summed E-state index contributed by atoms with van der Waals surface area (Å²) in [4.78, 5) is 15.1. The Morgan fingerprint density at radius 2 is 2.05 bits per heavy atom. The van der Waals surface area contributed by atoms with Crippen molar-refractivity contribution in [2.75, 3.05) is 23.7 Å². The molecule has 0 aromatic carbocycles. The van der Waals surface area contributed by atoms with E-state index in [0.29, 0.717) is 0 Å². The standard InChI is InChI=1S/C15H19N5O/c1-10-13(11-3-2-6-17-9-11)14(19-15(16)18-10)20-7-4-12(21)5-8-20/h2-3,6,9,12,21H,4-5,7-8H2,1H3,(H2,16,18,19). The number of aryl methyl sites for hydroxylation is 1. The van der Waals surface area contributed by atoms with E-state index in [0.717, 1.165) is 48.6 Å². The number of anilines is 2. The lowest BCUT2D eigenvalue weighted by molar-refractivity contribution is 0.145. The van der Waals surface area contributed by atoms with Gasteiger partial charge in [0.15, 0.2) is 0 Å². The van der Waals surface area contributed by atoms with Crippen molar-refractivity contribution in [1.82, 2.24) is 15.0 Å². The molecule has 6 heteroatoms. The summed E-state index contributed by atoms with van der Waals surface area (Å²) in [5.74, 6) is 1.11. The van der Waals surface area contributed by atoms with Gasteiger partial charge in [0.25, 0.3) is 0 Å². The molecule has 3 rings (SSSR count). The van der Waals surface area contributed by atoms with Gasteiger partial charge >= 0.3 is 0 Å². The quantitative estimate of drug-likeness (QED) is 0.867. The average molecular weight is 285 g/mol. The first-order valence-electron chi connectivity index (χ1n) is 7.12. The van der Waals surface area contributed by atoms with E-state index in [1.165, 1.54) is 0 Å². The van der Waals surface area contributed by atoms with Crippen molar-refractivity contribution in [3.8, 4) is 11.1 Å². The van der Waals surface area contributed by atoms with Gasteiger partial charge < -0.3 is 15.7 Å². The predicted molar refractivity (Wildman–Crippen MR) is 81.9 cm³/mol. The number of nitrogens with zero attached hydrogens (tertiary/aromatic N) is 4. The Morgan fingerprint density at radius 1 is 1.29 bits per heavy atom. The second kappa shape index (κ2) is 5.65. The van der Waals surface area contributed by atoms with Crippen LogP contribution in [0.2, 0.25) is 0 Å². The van der Waals surface area contributed by atoms with Crippen LogP contribution in [0.4, 0.5) is 11.8 Å². The zero-order valence-electron chi connectivity index (χ0n) is 12.0. The molecule has 0 spiro atoms. The van der Waals surface area contributed by atoms with Gasteiger partial charge in [-0.25, -0.2) is 4.98 Å². The normalized spacial score (nSPS) is 16.2. The van der Waals surface area contributed by atoms with E-state index < -0.39 is 0 Å². The molecule has 3 N–H and O–H groups in total. The van der Waals surface area contributed by atoms with Gasteiger partial charge in [0.1, 0.15) is 5.82 Å². The number of piperidine rings is 1. The largest absolute Gasteiger partial charge is 0.393 e. The third-order valence-electron chi connectivity index (χ3n) is 3.80. The van der Waals surface area contributed by atoms with Crippen molar-refractivity contribution in [3.63, 3.8) is 0 Å². The maximum Gasteiger partial charge on any atom is 0.222 e. The van der Waals surface area contributed by atoms with Gasteiger partial charge in [-0.15, -0.1) is 0 Å². The third kappa shape index (κ3) is 2.80. The van der Waals surface area contributed by atoms with Crippen LogP contribution in [0.25, 0.3) is 11.1 Å². The molecule has 3 heterocycles. The fourth-order valence-corrected chi connectivity index (χ4v) is 2.73. The van der Waals surface area contributed by atoms with E-state index in [1.54, 1.807) is 6.20 Å². The van der Waals surface area contributed by atoms with Crippen LogP contribution in [-0.2, 0) is 0 Å². The molecule has 1 aliphatic heterocycles. The van der Waals surface area contributed by atoms with E-state index in [1.807, 2.05) is 25.3 Å². The van der Waals surface area contributed by atoms with Crippen molar-refractivity contribution in [2.24, 2.45) is 0 Å². The van der Waals surface area contributed by atoms with Crippen LogP contribution in [0.15, 0.2) is 24.5 Å². The van der Waals surface area contributed by atoms with Crippen molar-refractivity contribution in [3.05, 3.63) is 30.2 Å². The average Bonchev–Trinajstić information content (AvgIpc) is 2.48. The zero-order chi connectivity index (χ0) is 14.8. The molecule has 2 aromatic rings. The topological polar surface area (TPSA) is 88.2 Å².